The highest BCUT2D eigenvalue weighted by molar-refractivity contribution is 5.83. The molecule has 1 atom stereocenters. The number of ether oxygens (including phenoxy) is 1. The molecule has 27 heavy (non-hydrogen) atoms. The second kappa shape index (κ2) is 9.36. The fraction of sp³-hybridized carbons (Fsp3) is 0.833. The number of likely N-dealkylation sites (tertiary alicyclic amines) is 1. The number of Topliss-reactive ketones (excluding diaryl/α,β-unsaturated/α-hetero) is 1. The summed E-state index contributed by atoms with van der Waals surface area (Å²) in [6.45, 7) is 9.15. The van der Waals surface area contributed by atoms with Crippen LogP contribution in [-0.4, -0.2) is 81.1 Å². The molecule has 0 aliphatic carbocycles. The second-order valence-corrected chi connectivity index (χ2v) is 7.88. The third-order valence-electron chi connectivity index (χ3n) is 5.20. The van der Waals surface area contributed by atoms with Crippen molar-refractivity contribution in [3.63, 3.8) is 0 Å². The van der Waals surface area contributed by atoms with Crippen molar-refractivity contribution in [1.82, 2.24) is 30.0 Å². The molecule has 1 unspecified atom stereocenters. The van der Waals surface area contributed by atoms with Crippen LogP contribution in [0, 0.1) is 11.8 Å². The van der Waals surface area contributed by atoms with Crippen LogP contribution in [0.1, 0.15) is 38.9 Å². The van der Waals surface area contributed by atoms with Gasteiger partial charge in [0.25, 0.3) is 0 Å². The van der Waals surface area contributed by atoms with Gasteiger partial charge in [-0.1, -0.05) is 13.8 Å². The molecule has 0 spiro atoms. The van der Waals surface area contributed by atoms with Crippen molar-refractivity contribution >= 4 is 11.7 Å². The normalized spacial score (nSPS) is 21.6. The molecule has 2 fully saturated rings. The van der Waals surface area contributed by atoms with Gasteiger partial charge in [0.1, 0.15) is 12.3 Å². The molecule has 0 aromatic carbocycles. The maximum atomic E-state index is 12.8. The predicted molar refractivity (Wildman–Crippen MR) is 97.7 cm³/mol. The number of carbonyl (C=O) groups excluding carboxylic acids is 2. The standard InChI is InChI=1S/C18H30N6O3/c1-14(2)10-16(25)15-4-3-5-23(11-15)18(26)13-24-17(19-20-21-24)12-22-6-8-27-9-7-22/h14-15H,3-13H2,1-2H3. The van der Waals surface area contributed by atoms with Crippen LogP contribution in [0.2, 0.25) is 0 Å². The molecule has 0 bridgehead atoms. The van der Waals surface area contributed by atoms with Gasteiger partial charge in [-0.05, 0) is 29.2 Å². The average molecular weight is 378 g/mol. The number of tetrazole rings is 1. The fourth-order valence-corrected chi connectivity index (χ4v) is 3.68. The van der Waals surface area contributed by atoms with Gasteiger partial charge >= 0.3 is 0 Å². The topological polar surface area (TPSA) is 93.5 Å². The Bertz CT molecular complexity index is 641. The van der Waals surface area contributed by atoms with Gasteiger partial charge in [0.2, 0.25) is 5.91 Å². The first-order valence-corrected chi connectivity index (χ1v) is 9.88. The average Bonchev–Trinajstić information content (AvgIpc) is 3.08. The quantitative estimate of drug-likeness (QED) is 0.676. The highest BCUT2D eigenvalue weighted by atomic mass is 16.5. The Morgan fingerprint density at radius 1 is 1.22 bits per heavy atom. The molecule has 150 valence electrons. The monoisotopic (exact) mass is 378 g/mol. The lowest BCUT2D eigenvalue weighted by atomic mass is 9.89. The minimum Gasteiger partial charge on any atom is -0.379 e. The zero-order valence-electron chi connectivity index (χ0n) is 16.3. The van der Waals surface area contributed by atoms with E-state index in [1.807, 2.05) is 0 Å². The van der Waals surface area contributed by atoms with Crippen molar-refractivity contribution in [3.8, 4) is 0 Å². The molecule has 1 aromatic rings. The second-order valence-electron chi connectivity index (χ2n) is 7.88. The van der Waals surface area contributed by atoms with Crippen molar-refractivity contribution in [1.29, 1.82) is 0 Å². The largest absolute Gasteiger partial charge is 0.379 e. The van der Waals surface area contributed by atoms with Crippen molar-refractivity contribution in [2.24, 2.45) is 11.8 Å². The number of morpholine rings is 1. The van der Waals surface area contributed by atoms with Gasteiger partial charge < -0.3 is 9.64 Å². The van der Waals surface area contributed by atoms with Crippen LogP contribution in [0.15, 0.2) is 0 Å². The van der Waals surface area contributed by atoms with Crippen LogP contribution in [0.3, 0.4) is 0 Å². The van der Waals surface area contributed by atoms with Gasteiger partial charge in [-0.15, -0.1) is 5.10 Å². The van der Waals surface area contributed by atoms with E-state index in [9.17, 15) is 9.59 Å². The number of amides is 1. The molecule has 9 heteroatoms. The van der Waals surface area contributed by atoms with E-state index < -0.39 is 0 Å². The molecule has 1 aromatic heterocycles. The van der Waals surface area contributed by atoms with Gasteiger partial charge in [0.05, 0.1) is 19.8 Å². The SMILES string of the molecule is CC(C)CC(=O)C1CCCN(C(=O)Cn2nnnc2CN2CCOCC2)C1. The Hall–Kier alpha value is -1.87. The van der Waals surface area contributed by atoms with E-state index in [1.165, 1.54) is 0 Å². The number of aromatic nitrogens is 4. The Balaban J connectivity index is 1.55. The van der Waals surface area contributed by atoms with E-state index in [1.54, 1.807) is 9.58 Å². The van der Waals surface area contributed by atoms with Crippen LogP contribution in [-0.2, 0) is 27.4 Å². The molecule has 1 amide bonds. The zero-order chi connectivity index (χ0) is 19.2. The lowest BCUT2D eigenvalue weighted by molar-refractivity contribution is -0.136. The first kappa shape index (κ1) is 19.9. The predicted octanol–water partition coefficient (Wildman–Crippen LogP) is 0.359. The van der Waals surface area contributed by atoms with Crippen LogP contribution in [0.5, 0.6) is 0 Å². The fourth-order valence-electron chi connectivity index (χ4n) is 3.68. The molecule has 2 saturated heterocycles. The number of carbonyl (C=O) groups is 2. The van der Waals surface area contributed by atoms with Gasteiger partial charge in [0, 0.05) is 38.5 Å². The summed E-state index contributed by atoms with van der Waals surface area (Å²) < 4.78 is 6.94. The number of ketones is 1. The van der Waals surface area contributed by atoms with E-state index in [0.717, 1.165) is 25.9 Å². The summed E-state index contributed by atoms with van der Waals surface area (Å²) in [4.78, 5) is 29.2. The highest BCUT2D eigenvalue weighted by Gasteiger charge is 2.29. The molecule has 9 nitrogen and oxygen atoms in total. The molecule has 3 heterocycles. The number of hydrogen-bond acceptors (Lipinski definition) is 7. The summed E-state index contributed by atoms with van der Waals surface area (Å²) in [6.07, 6.45) is 2.34. The zero-order valence-corrected chi connectivity index (χ0v) is 16.3. The maximum Gasteiger partial charge on any atom is 0.244 e. The van der Waals surface area contributed by atoms with E-state index in [2.05, 4.69) is 34.3 Å². The smallest absolute Gasteiger partial charge is 0.244 e. The van der Waals surface area contributed by atoms with Crippen LogP contribution >= 0.6 is 0 Å². The summed E-state index contributed by atoms with van der Waals surface area (Å²) in [7, 11) is 0. The first-order chi connectivity index (χ1) is 13.0. The molecule has 2 aliphatic heterocycles. The van der Waals surface area contributed by atoms with E-state index in [4.69, 9.17) is 4.74 Å². The molecule has 0 N–H and O–H groups in total. The van der Waals surface area contributed by atoms with Crippen LogP contribution < -0.4 is 0 Å². The van der Waals surface area contributed by atoms with Crippen molar-refractivity contribution in [2.45, 2.75) is 46.2 Å². The van der Waals surface area contributed by atoms with Gasteiger partial charge in [0.15, 0.2) is 5.82 Å². The lowest BCUT2D eigenvalue weighted by Gasteiger charge is -2.32. The molecule has 0 radical (unpaired) electrons. The maximum absolute atomic E-state index is 12.8. The van der Waals surface area contributed by atoms with E-state index >= 15 is 0 Å². The van der Waals surface area contributed by atoms with Crippen LogP contribution in [0.25, 0.3) is 0 Å². The summed E-state index contributed by atoms with van der Waals surface area (Å²) in [5, 5.41) is 11.8. The Morgan fingerprint density at radius 2 is 2.00 bits per heavy atom. The lowest BCUT2D eigenvalue weighted by Crippen LogP contribution is -2.44. The van der Waals surface area contributed by atoms with Crippen molar-refractivity contribution in [3.05, 3.63) is 5.82 Å². The van der Waals surface area contributed by atoms with Gasteiger partial charge in [-0.2, -0.15) is 0 Å². The van der Waals surface area contributed by atoms with Gasteiger partial charge in [-0.3, -0.25) is 14.5 Å². The molecule has 2 aliphatic rings. The van der Waals surface area contributed by atoms with E-state index in [0.29, 0.717) is 51.0 Å². The number of rotatable bonds is 7. The highest BCUT2D eigenvalue weighted by Crippen LogP contribution is 2.21. The number of nitrogens with zero attached hydrogens (tertiary/aromatic N) is 6. The van der Waals surface area contributed by atoms with Crippen molar-refractivity contribution in [2.75, 3.05) is 39.4 Å². The summed E-state index contributed by atoms with van der Waals surface area (Å²) >= 11 is 0. The van der Waals surface area contributed by atoms with Crippen molar-refractivity contribution < 1.29 is 14.3 Å². The Morgan fingerprint density at radius 3 is 2.74 bits per heavy atom. The van der Waals surface area contributed by atoms with Gasteiger partial charge in [-0.25, -0.2) is 4.68 Å². The molecule has 3 rings (SSSR count). The molecular formula is C18H30N6O3. The minimum absolute atomic E-state index is 0.0208. The third-order valence-corrected chi connectivity index (χ3v) is 5.20. The summed E-state index contributed by atoms with van der Waals surface area (Å²) in [6, 6.07) is 0. The minimum atomic E-state index is -0.0354. The summed E-state index contributed by atoms with van der Waals surface area (Å²) in [5.74, 6) is 1.26. The molecular weight excluding hydrogens is 348 g/mol. The third kappa shape index (κ3) is 5.55. The Kier molecular flexibility index (Phi) is 6.89. The number of hydrogen-bond donors (Lipinski definition) is 0. The Labute approximate surface area is 160 Å². The molecule has 0 saturated carbocycles. The number of piperidine rings is 1. The first-order valence-electron chi connectivity index (χ1n) is 9.88. The van der Waals surface area contributed by atoms with Crippen LogP contribution in [0.4, 0.5) is 0 Å². The summed E-state index contributed by atoms with van der Waals surface area (Å²) in [5.41, 5.74) is 0. The van der Waals surface area contributed by atoms with E-state index in [-0.39, 0.29) is 24.2 Å².